The average Bonchev–Trinajstić information content (AvgIpc) is 1.27. The van der Waals surface area contributed by atoms with Crippen LogP contribution in [0.3, 0.4) is 0 Å². The van der Waals surface area contributed by atoms with Crippen LogP contribution >= 0.6 is 0 Å². The number of carbonyl (C=O) groups is 2. The standard InChI is InChI=1S/C4H7NO2.Zn/c1-3(6)5-4(2)7;/h1-2H3,(H,5,6,7);. The first-order chi connectivity index (χ1) is 3.13. The Bertz CT molecular complexity index is 90.2. The average molecular weight is 166 g/mol. The number of rotatable bonds is 0. The fourth-order valence-corrected chi connectivity index (χ4v) is 0.248. The summed E-state index contributed by atoms with van der Waals surface area (Å²) in [5.74, 6) is -0.625. The van der Waals surface area contributed by atoms with Crippen molar-refractivity contribution in [3.63, 3.8) is 0 Å². The number of imide groups is 1. The van der Waals surface area contributed by atoms with Gasteiger partial charge in [0.05, 0.1) is 0 Å². The number of nitrogens with one attached hydrogen (secondary N) is 1. The van der Waals surface area contributed by atoms with Crippen molar-refractivity contribution in [2.24, 2.45) is 0 Å². The molecule has 0 aliphatic heterocycles. The Hall–Kier alpha value is -0.237. The molecule has 0 fully saturated rings. The fourth-order valence-electron chi connectivity index (χ4n) is 0.248. The molecule has 0 aliphatic rings. The Labute approximate surface area is 60.6 Å². The van der Waals surface area contributed by atoms with Crippen LogP contribution in [0.25, 0.3) is 0 Å². The van der Waals surface area contributed by atoms with Crippen molar-refractivity contribution in [1.82, 2.24) is 5.32 Å². The minimum atomic E-state index is -0.312. The SMILES string of the molecule is CC(=O)NC(C)=O.[Zn]. The third-order valence-corrected chi connectivity index (χ3v) is 0.352. The van der Waals surface area contributed by atoms with Crippen LogP contribution in [0.15, 0.2) is 0 Å². The molecule has 0 atom stereocenters. The molecular weight excluding hydrogens is 159 g/mol. The second kappa shape index (κ2) is 4.91. The van der Waals surface area contributed by atoms with Gasteiger partial charge in [-0.15, -0.1) is 0 Å². The van der Waals surface area contributed by atoms with E-state index in [0.717, 1.165) is 0 Å². The van der Waals surface area contributed by atoms with Crippen molar-refractivity contribution in [1.29, 1.82) is 0 Å². The van der Waals surface area contributed by atoms with Crippen molar-refractivity contribution < 1.29 is 29.1 Å². The minimum Gasteiger partial charge on any atom is -0.297 e. The molecule has 0 heterocycles. The first-order valence-corrected chi connectivity index (χ1v) is 1.91. The van der Waals surface area contributed by atoms with E-state index in [1.165, 1.54) is 13.8 Å². The molecule has 0 radical (unpaired) electrons. The van der Waals surface area contributed by atoms with Gasteiger partial charge in [0.1, 0.15) is 0 Å². The summed E-state index contributed by atoms with van der Waals surface area (Å²) in [5.41, 5.74) is 0. The van der Waals surface area contributed by atoms with Gasteiger partial charge in [0.2, 0.25) is 11.8 Å². The van der Waals surface area contributed by atoms with Gasteiger partial charge in [-0.25, -0.2) is 0 Å². The summed E-state index contributed by atoms with van der Waals surface area (Å²) in [6, 6.07) is 0. The van der Waals surface area contributed by atoms with E-state index in [2.05, 4.69) is 0 Å². The molecule has 42 valence electrons. The van der Waals surface area contributed by atoms with Gasteiger partial charge in [-0.2, -0.15) is 0 Å². The maximum Gasteiger partial charge on any atom is 0.223 e. The maximum absolute atomic E-state index is 9.92. The Kier molecular flexibility index (Phi) is 6.56. The second-order valence-electron chi connectivity index (χ2n) is 1.24. The smallest absolute Gasteiger partial charge is 0.223 e. The molecule has 3 nitrogen and oxygen atoms in total. The summed E-state index contributed by atoms with van der Waals surface area (Å²) in [7, 11) is 0. The molecule has 0 spiro atoms. The molecule has 0 aromatic heterocycles. The quantitative estimate of drug-likeness (QED) is 0.501. The number of hydrogen-bond acceptors (Lipinski definition) is 2. The molecule has 0 aromatic carbocycles. The molecule has 0 rings (SSSR count). The summed E-state index contributed by atoms with van der Waals surface area (Å²) in [5, 5.41) is 2.03. The molecule has 0 bridgehead atoms. The van der Waals surface area contributed by atoms with Gasteiger partial charge >= 0.3 is 0 Å². The normalized spacial score (nSPS) is 6.75. The van der Waals surface area contributed by atoms with Gasteiger partial charge < -0.3 is 0 Å². The third-order valence-electron chi connectivity index (χ3n) is 0.352. The van der Waals surface area contributed by atoms with E-state index in [-0.39, 0.29) is 31.3 Å². The Morgan fingerprint density at radius 3 is 1.38 bits per heavy atom. The molecule has 0 aromatic rings. The van der Waals surface area contributed by atoms with Crippen molar-refractivity contribution >= 4 is 11.8 Å². The van der Waals surface area contributed by atoms with E-state index >= 15 is 0 Å². The van der Waals surface area contributed by atoms with Gasteiger partial charge in [-0.3, -0.25) is 14.9 Å². The summed E-state index contributed by atoms with van der Waals surface area (Å²) >= 11 is 0. The van der Waals surface area contributed by atoms with E-state index in [1.54, 1.807) is 0 Å². The van der Waals surface area contributed by atoms with Crippen LogP contribution in [-0.4, -0.2) is 11.8 Å². The predicted molar refractivity (Wildman–Crippen MR) is 24.5 cm³/mol. The first kappa shape index (κ1) is 10.7. The van der Waals surface area contributed by atoms with Crippen LogP contribution in [0.4, 0.5) is 0 Å². The first-order valence-electron chi connectivity index (χ1n) is 1.91. The molecule has 1 N–H and O–H groups in total. The van der Waals surface area contributed by atoms with Crippen molar-refractivity contribution in [2.45, 2.75) is 13.8 Å². The van der Waals surface area contributed by atoms with E-state index in [1.807, 2.05) is 5.32 Å². The van der Waals surface area contributed by atoms with Crippen molar-refractivity contribution in [3.8, 4) is 0 Å². The van der Waals surface area contributed by atoms with Gasteiger partial charge in [-0.05, 0) is 0 Å². The van der Waals surface area contributed by atoms with E-state index < -0.39 is 0 Å². The molecule has 8 heavy (non-hydrogen) atoms. The number of carbonyl (C=O) groups excluding carboxylic acids is 2. The van der Waals surface area contributed by atoms with Gasteiger partial charge in [0.15, 0.2) is 0 Å². The monoisotopic (exact) mass is 165 g/mol. The van der Waals surface area contributed by atoms with Crippen LogP contribution in [0, 0.1) is 0 Å². The summed E-state index contributed by atoms with van der Waals surface area (Å²) in [4.78, 5) is 19.8. The van der Waals surface area contributed by atoms with E-state index in [4.69, 9.17) is 0 Å². The molecule has 0 aliphatic carbocycles. The zero-order chi connectivity index (χ0) is 5.86. The van der Waals surface area contributed by atoms with Crippen LogP contribution in [0.1, 0.15) is 13.8 Å². The van der Waals surface area contributed by atoms with Crippen molar-refractivity contribution in [3.05, 3.63) is 0 Å². The summed E-state index contributed by atoms with van der Waals surface area (Å²) in [6.07, 6.45) is 0. The van der Waals surface area contributed by atoms with Gasteiger partial charge in [0.25, 0.3) is 0 Å². The Morgan fingerprint density at radius 1 is 1.12 bits per heavy atom. The van der Waals surface area contributed by atoms with E-state index in [9.17, 15) is 9.59 Å². The molecule has 0 saturated heterocycles. The predicted octanol–water partition coefficient (Wildman–Crippen LogP) is -0.333. The molecule has 2 amide bonds. The Morgan fingerprint density at radius 2 is 1.38 bits per heavy atom. The maximum atomic E-state index is 9.92. The minimum absolute atomic E-state index is 0. The Balaban J connectivity index is 0. The van der Waals surface area contributed by atoms with Crippen LogP contribution in [0.5, 0.6) is 0 Å². The van der Waals surface area contributed by atoms with Gasteiger partial charge in [-0.1, -0.05) is 0 Å². The van der Waals surface area contributed by atoms with Crippen LogP contribution in [-0.2, 0) is 29.1 Å². The van der Waals surface area contributed by atoms with Crippen LogP contribution < -0.4 is 5.32 Å². The van der Waals surface area contributed by atoms with Crippen LogP contribution in [0.2, 0.25) is 0 Å². The zero-order valence-electron chi connectivity index (χ0n) is 5.02. The number of hydrogen-bond donors (Lipinski definition) is 1. The largest absolute Gasteiger partial charge is 0.297 e. The zero-order valence-corrected chi connectivity index (χ0v) is 7.99. The fraction of sp³-hybridized carbons (Fsp3) is 0.500. The van der Waals surface area contributed by atoms with E-state index in [0.29, 0.717) is 0 Å². The summed E-state index contributed by atoms with van der Waals surface area (Å²) < 4.78 is 0. The van der Waals surface area contributed by atoms with Crippen molar-refractivity contribution in [2.75, 3.05) is 0 Å². The molecule has 0 unspecified atom stereocenters. The summed E-state index contributed by atoms with van der Waals surface area (Å²) in [6.45, 7) is 2.59. The third kappa shape index (κ3) is 9.23. The molecule has 0 saturated carbocycles. The second-order valence-corrected chi connectivity index (χ2v) is 1.24. The van der Waals surface area contributed by atoms with Gasteiger partial charge in [0, 0.05) is 33.3 Å². The number of amides is 2. The molecular formula is C4H7NO2Zn. The topological polar surface area (TPSA) is 46.2 Å². The molecule has 4 heteroatoms.